The summed E-state index contributed by atoms with van der Waals surface area (Å²) < 4.78 is 4.69. The highest BCUT2D eigenvalue weighted by atomic mass is 16.2. The van der Waals surface area contributed by atoms with Crippen LogP contribution < -0.4 is 10.9 Å². The van der Waals surface area contributed by atoms with Crippen molar-refractivity contribution in [3.63, 3.8) is 0 Å². The van der Waals surface area contributed by atoms with Gasteiger partial charge < -0.3 is 5.32 Å². The Labute approximate surface area is 228 Å². The molecule has 4 aromatic heterocycles. The van der Waals surface area contributed by atoms with Crippen molar-refractivity contribution in [3.8, 4) is 17.5 Å². The van der Waals surface area contributed by atoms with E-state index in [1.807, 2.05) is 74.8 Å². The van der Waals surface area contributed by atoms with Crippen molar-refractivity contribution >= 4 is 22.2 Å². The Morgan fingerprint density at radius 1 is 1.02 bits per heavy atom. The third-order valence-electron chi connectivity index (χ3n) is 6.66. The number of fused-ring (bicyclic) bond motifs is 2. The van der Waals surface area contributed by atoms with Crippen LogP contribution in [0, 0.1) is 18.8 Å². The molecule has 0 spiro atoms. The number of hydrogen-bond donors (Lipinski definition) is 1. The zero-order valence-electron chi connectivity index (χ0n) is 22.0. The van der Waals surface area contributed by atoms with Crippen molar-refractivity contribution in [1.29, 1.82) is 0 Å². The summed E-state index contributed by atoms with van der Waals surface area (Å²) >= 11 is 0. The molecule has 196 valence electrons. The van der Waals surface area contributed by atoms with Crippen LogP contribution in [-0.2, 0) is 7.05 Å². The highest BCUT2D eigenvalue weighted by Gasteiger charge is 2.23. The first-order chi connectivity index (χ1) is 19.4. The molecule has 0 aliphatic heterocycles. The van der Waals surface area contributed by atoms with Crippen LogP contribution >= 0.6 is 0 Å². The Kier molecular flexibility index (Phi) is 6.16. The number of benzene rings is 2. The third kappa shape index (κ3) is 4.39. The molecule has 2 aromatic carbocycles. The summed E-state index contributed by atoms with van der Waals surface area (Å²) in [5.74, 6) is 5.92. The SMILES string of the molecule is Cc1nn2ncncc2c1C(=O)N[C@@H](C)c1cc2cccc(C#Cc3cnn(C)c3)c2c(=O)n1-c1ccccc1. The second-order valence-corrected chi connectivity index (χ2v) is 9.41. The Bertz CT molecular complexity index is 2030. The summed E-state index contributed by atoms with van der Waals surface area (Å²) in [6.07, 6.45) is 6.42. The maximum absolute atomic E-state index is 14.2. The molecule has 1 amide bonds. The van der Waals surface area contributed by atoms with E-state index in [9.17, 15) is 9.59 Å². The first-order valence-corrected chi connectivity index (χ1v) is 12.6. The van der Waals surface area contributed by atoms with Gasteiger partial charge in [0.1, 0.15) is 11.8 Å². The van der Waals surface area contributed by atoms with Crippen molar-refractivity contribution in [2.24, 2.45) is 7.05 Å². The van der Waals surface area contributed by atoms with Crippen LogP contribution in [-0.4, -0.2) is 40.1 Å². The van der Waals surface area contributed by atoms with Gasteiger partial charge in [-0.3, -0.25) is 18.8 Å². The van der Waals surface area contributed by atoms with Crippen LogP contribution in [0.3, 0.4) is 0 Å². The molecule has 6 aromatic rings. The molecular formula is C30H24N8O2. The van der Waals surface area contributed by atoms with Gasteiger partial charge in [-0.2, -0.15) is 10.2 Å². The van der Waals surface area contributed by atoms with Crippen molar-refractivity contribution in [1.82, 2.24) is 39.5 Å². The van der Waals surface area contributed by atoms with Crippen LogP contribution in [0.1, 0.15) is 45.8 Å². The fourth-order valence-electron chi connectivity index (χ4n) is 4.82. The van der Waals surface area contributed by atoms with Gasteiger partial charge >= 0.3 is 0 Å². The zero-order valence-corrected chi connectivity index (χ0v) is 22.0. The minimum Gasteiger partial charge on any atom is -0.344 e. The molecule has 0 bridgehead atoms. The molecule has 1 atom stereocenters. The standard InChI is InChI=1S/C30H24N8O2/c1-19(34-29(39)27-20(2)35-38-26(27)16-31-18-33-38)25-14-23-9-7-8-22(13-12-21-15-32-36(3)17-21)28(23)30(40)37(25)24-10-5-4-6-11-24/h4-11,14-19H,1-3H3,(H,34,39)/t19-/m0/s1. The lowest BCUT2D eigenvalue weighted by atomic mass is 10.0. The van der Waals surface area contributed by atoms with E-state index in [2.05, 4.69) is 37.4 Å². The maximum Gasteiger partial charge on any atom is 0.264 e. The predicted octanol–water partition coefficient (Wildman–Crippen LogP) is 3.36. The van der Waals surface area contributed by atoms with Crippen LogP contribution in [0.4, 0.5) is 0 Å². The smallest absolute Gasteiger partial charge is 0.264 e. The van der Waals surface area contributed by atoms with E-state index in [1.165, 1.54) is 11.0 Å². The summed E-state index contributed by atoms with van der Waals surface area (Å²) in [5.41, 5.74) is 3.86. The van der Waals surface area contributed by atoms with E-state index in [4.69, 9.17) is 0 Å². The molecule has 0 fully saturated rings. The van der Waals surface area contributed by atoms with Gasteiger partial charge in [0.05, 0.1) is 40.6 Å². The average Bonchev–Trinajstić information content (AvgIpc) is 3.53. The maximum atomic E-state index is 14.2. The molecule has 4 heterocycles. The van der Waals surface area contributed by atoms with Gasteiger partial charge in [0.2, 0.25) is 0 Å². The Balaban J connectivity index is 1.48. The van der Waals surface area contributed by atoms with Gasteiger partial charge in [0.15, 0.2) is 0 Å². The fourth-order valence-corrected chi connectivity index (χ4v) is 4.82. The number of nitrogens with one attached hydrogen (secondary N) is 1. The van der Waals surface area contributed by atoms with Crippen LogP contribution in [0.15, 0.2) is 84.3 Å². The Hall–Kier alpha value is -5.56. The van der Waals surface area contributed by atoms with E-state index in [0.717, 1.165) is 10.9 Å². The topological polar surface area (TPSA) is 112 Å². The third-order valence-corrected chi connectivity index (χ3v) is 6.66. The monoisotopic (exact) mass is 528 g/mol. The number of amides is 1. The first-order valence-electron chi connectivity index (χ1n) is 12.6. The largest absolute Gasteiger partial charge is 0.344 e. The predicted molar refractivity (Wildman–Crippen MR) is 150 cm³/mol. The average molecular weight is 529 g/mol. The Morgan fingerprint density at radius 3 is 2.62 bits per heavy atom. The molecule has 0 radical (unpaired) electrons. The number of rotatable bonds is 4. The van der Waals surface area contributed by atoms with Crippen molar-refractivity contribution in [3.05, 3.63) is 118 Å². The summed E-state index contributed by atoms with van der Waals surface area (Å²) in [7, 11) is 1.83. The van der Waals surface area contributed by atoms with E-state index in [0.29, 0.717) is 39.1 Å². The summed E-state index contributed by atoms with van der Waals surface area (Å²) in [5, 5.41) is 16.8. The molecular weight excluding hydrogens is 504 g/mol. The van der Waals surface area contributed by atoms with Crippen LogP contribution in [0.5, 0.6) is 0 Å². The first kappa shape index (κ1) is 24.8. The summed E-state index contributed by atoms with van der Waals surface area (Å²) in [6.45, 7) is 3.60. The van der Waals surface area contributed by atoms with Gasteiger partial charge in [-0.15, -0.1) is 9.73 Å². The number of aryl methyl sites for hydroxylation is 2. The fraction of sp³-hybridized carbons (Fsp3) is 0.133. The van der Waals surface area contributed by atoms with Gasteiger partial charge in [-0.05, 0) is 43.5 Å². The summed E-state index contributed by atoms with van der Waals surface area (Å²) in [6, 6.07) is 16.3. The zero-order chi connectivity index (χ0) is 27.8. The molecule has 1 N–H and O–H groups in total. The number of carbonyl (C=O) groups is 1. The van der Waals surface area contributed by atoms with Crippen molar-refractivity contribution in [2.75, 3.05) is 0 Å². The lowest BCUT2D eigenvalue weighted by Gasteiger charge is -2.21. The molecule has 0 saturated heterocycles. The second-order valence-electron chi connectivity index (χ2n) is 9.41. The van der Waals surface area contributed by atoms with Gasteiger partial charge in [-0.25, -0.2) is 4.98 Å². The lowest BCUT2D eigenvalue weighted by Crippen LogP contribution is -2.32. The Morgan fingerprint density at radius 2 is 1.85 bits per heavy atom. The number of carbonyl (C=O) groups excluding carboxylic acids is 1. The molecule has 0 aliphatic rings. The summed E-state index contributed by atoms with van der Waals surface area (Å²) in [4.78, 5) is 31.7. The number of aromatic nitrogens is 7. The van der Waals surface area contributed by atoms with E-state index >= 15 is 0 Å². The van der Waals surface area contributed by atoms with Crippen molar-refractivity contribution in [2.45, 2.75) is 19.9 Å². The van der Waals surface area contributed by atoms with Crippen LogP contribution in [0.2, 0.25) is 0 Å². The molecule has 40 heavy (non-hydrogen) atoms. The van der Waals surface area contributed by atoms with Gasteiger partial charge in [0, 0.05) is 30.2 Å². The molecule has 10 heteroatoms. The van der Waals surface area contributed by atoms with Crippen molar-refractivity contribution < 1.29 is 4.79 Å². The molecule has 0 saturated carbocycles. The van der Waals surface area contributed by atoms with Gasteiger partial charge in [0.25, 0.3) is 11.5 Å². The normalized spacial score (nSPS) is 11.8. The molecule has 10 nitrogen and oxygen atoms in total. The van der Waals surface area contributed by atoms with E-state index < -0.39 is 6.04 Å². The lowest BCUT2D eigenvalue weighted by molar-refractivity contribution is 0.0939. The van der Waals surface area contributed by atoms with Crippen LogP contribution in [0.25, 0.3) is 22.0 Å². The highest BCUT2D eigenvalue weighted by Crippen LogP contribution is 2.24. The van der Waals surface area contributed by atoms with E-state index in [-0.39, 0.29) is 11.5 Å². The number of para-hydroxylation sites is 1. The molecule has 6 rings (SSSR count). The minimum atomic E-state index is -0.533. The number of nitrogens with zero attached hydrogens (tertiary/aromatic N) is 7. The number of pyridine rings is 1. The quantitative estimate of drug-likeness (QED) is 0.351. The molecule has 0 aliphatic carbocycles. The van der Waals surface area contributed by atoms with E-state index in [1.54, 1.807) is 28.6 Å². The minimum absolute atomic E-state index is 0.226. The molecule has 0 unspecified atom stereocenters. The van der Waals surface area contributed by atoms with Gasteiger partial charge in [-0.1, -0.05) is 42.2 Å². The highest BCUT2D eigenvalue weighted by molar-refractivity contribution is 6.02. The number of hydrogen-bond acceptors (Lipinski definition) is 6. The second kappa shape index (κ2) is 9.96.